The Morgan fingerprint density at radius 2 is 1.61 bits per heavy atom. The molecule has 2 aromatic rings. The fourth-order valence-corrected chi connectivity index (χ4v) is 2.16. The standard InChI is InChI=1S/C15H9ClF3NO3/c16-11-7-3-5-9(14(22)23)12(11)20-13(21)8-4-1-2-6-10(8)15(17,18)19/h1-7H,(H,20,21)(H,22,23). The molecular formula is C15H9ClF3NO3. The lowest BCUT2D eigenvalue weighted by atomic mass is 10.1. The van der Waals surface area contributed by atoms with Gasteiger partial charge in [0.05, 0.1) is 27.4 Å². The Balaban J connectivity index is 2.44. The first-order chi connectivity index (χ1) is 10.7. The van der Waals surface area contributed by atoms with E-state index in [1.165, 1.54) is 24.3 Å². The molecule has 0 saturated carbocycles. The molecule has 0 unspecified atom stereocenters. The summed E-state index contributed by atoms with van der Waals surface area (Å²) in [5.74, 6) is -2.47. The first-order valence-electron chi connectivity index (χ1n) is 6.21. The van der Waals surface area contributed by atoms with Gasteiger partial charge >= 0.3 is 12.1 Å². The Bertz CT molecular complexity index is 775. The summed E-state index contributed by atoms with van der Waals surface area (Å²) in [6, 6.07) is 8.03. The largest absolute Gasteiger partial charge is 0.478 e. The van der Waals surface area contributed by atoms with E-state index in [1.54, 1.807) is 0 Å². The second-order valence-electron chi connectivity index (χ2n) is 4.47. The minimum atomic E-state index is -4.72. The van der Waals surface area contributed by atoms with Crippen LogP contribution >= 0.6 is 11.6 Å². The summed E-state index contributed by atoms with van der Waals surface area (Å²) >= 11 is 5.83. The van der Waals surface area contributed by atoms with Crippen molar-refractivity contribution in [3.63, 3.8) is 0 Å². The molecule has 0 aliphatic heterocycles. The van der Waals surface area contributed by atoms with Gasteiger partial charge in [-0.25, -0.2) is 4.79 Å². The van der Waals surface area contributed by atoms with Gasteiger partial charge in [-0.3, -0.25) is 4.79 Å². The summed E-state index contributed by atoms with van der Waals surface area (Å²) in [4.78, 5) is 23.3. The number of halogens is 4. The molecule has 2 aromatic carbocycles. The molecule has 0 aromatic heterocycles. The lowest BCUT2D eigenvalue weighted by Crippen LogP contribution is -2.20. The zero-order valence-electron chi connectivity index (χ0n) is 11.3. The molecule has 0 saturated heterocycles. The molecule has 2 N–H and O–H groups in total. The molecule has 0 aliphatic carbocycles. The second-order valence-corrected chi connectivity index (χ2v) is 4.87. The number of rotatable bonds is 3. The quantitative estimate of drug-likeness (QED) is 0.872. The van der Waals surface area contributed by atoms with Gasteiger partial charge in [0.2, 0.25) is 0 Å². The number of hydrogen-bond acceptors (Lipinski definition) is 2. The summed E-state index contributed by atoms with van der Waals surface area (Å²) in [7, 11) is 0. The summed E-state index contributed by atoms with van der Waals surface area (Å²) in [5, 5.41) is 11.1. The molecule has 0 radical (unpaired) electrons. The second kappa shape index (κ2) is 6.29. The topological polar surface area (TPSA) is 66.4 Å². The monoisotopic (exact) mass is 343 g/mol. The van der Waals surface area contributed by atoms with Gasteiger partial charge in [0.1, 0.15) is 0 Å². The average molecular weight is 344 g/mol. The van der Waals surface area contributed by atoms with Crippen molar-refractivity contribution >= 4 is 29.2 Å². The Labute approximate surface area is 133 Å². The number of carbonyl (C=O) groups is 2. The van der Waals surface area contributed by atoms with E-state index in [4.69, 9.17) is 16.7 Å². The van der Waals surface area contributed by atoms with Gasteiger partial charge < -0.3 is 10.4 Å². The van der Waals surface area contributed by atoms with E-state index in [0.717, 1.165) is 18.2 Å². The number of amides is 1. The van der Waals surface area contributed by atoms with Crippen molar-refractivity contribution < 1.29 is 27.9 Å². The third kappa shape index (κ3) is 3.62. The van der Waals surface area contributed by atoms with E-state index in [2.05, 4.69) is 5.32 Å². The van der Waals surface area contributed by atoms with Crippen molar-refractivity contribution in [3.05, 3.63) is 64.2 Å². The molecule has 0 aliphatic rings. The maximum absolute atomic E-state index is 12.9. The Kier molecular flexibility index (Phi) is 4.60. The molecule has 8 heteroatoms. The Morgan fingerprint density at radius 1 is 1.00 bits per heavy atom. The number of aromatic carboxylic acids is 1. The van der Waals surface area contributed by atoms with E-state index < -0.39 is 29.2 Å². The third-order valence-corrected chi connectivity index (χ3v) is 3.27. The van der Waals surface area contributed by atoms with Crippen LogP contribution in [0.5, 0.6) is 0 Å². The molecule has 0 atom stereocenters. The van der Waals surface area contributed by atoms with Crippen molar-refractivity contribution in [2.24, 2.45) is 0 Å². The van der Waals surface area contributed by atoms with E-state index in [-0.39, 0.29) is 16.3 Å². The average Bonchev–Trinajstić information content (AvgIpc) is 2.48. The molecule has 0 bridgehead atoms. The highest BCUT2D eigenvalue weighted by Crippen LogP contribution is 2.33. The highest BCUT2D eigenvalue weighted by atomic mass is 35.5. The van der Waals surface area contributed by atoms with Crippen LogP contribution in [0.1, 0.15) is 26.3 Å². The van der Waals surface area contributed by atoms with Crippen molar-refractivity contribution in [2.45, 2.75) is 6.18 Å². The van der Waals surface area contributed by atoms with Crippen molar-refractivity contribution in [1.29, 1.82) is 0 Å². The van der Waals surface area contributed by atoms with Crippen LogP contribution in [0.4, 0.5) is 18.9 Å². The molecule has 1 amide bonds. The molecule has 0 spiro atoms. The van der Waals surface area contributed by atoms with Gasteiger partial charge in [0.15, 0.2) is 0 Å². The molecule has 4 nitrogen and oxygen atoms in total. The van der Waals surface area contributed by atoms with Crippen LogP contribution in [0.25, 0.3) is 0 Å². The smallest absolute Gasteiger partial charge is 0.417 e. The van der Waals surface area contributed by atoms with E-state index in [0.29, 0.717) is 0 Å². The number of alkyl halides is 3. The van der Waals surface area contributed by atoms with Gasteiger partial charge in [0.25, 0.3) is 5.91 Å². The summed E-state index contributed by atoms with van der Waals surface area (Å²) < 4.78 is 38.8. The SMILES string of the molecule is O=C(Nc1c(Cl)cccc1C(=O)O)c1ccccc1C(F)(F)F. The van der Waals surface area contributed by atoms with Crippen LogP contribution in [-0.4, -0.2) is 17.0 Å². The first-order valence-corrected chi connectivity index (χ1v) is 6.59. The fraction of sp³-hybridized carbons (Fsp3) is 0.0667. The number of carboxylic acids is 1. The van der Waals surface area contributed by atoms with Crippen LogP contribution < -0.4 is 5.32 Å². The minimum Gasteiger partial charge on any atom is -0.478 e. The number of para-hydroxylation sites is 1. The lowest BCUT2D eigenvalue weighted by molar-refractivity contribution is -0.137. The number of anilines is 1. The zero-order chi connectivity index (χ0) is 17.2. The maximum atomic E-state index is 12.9. The molecule has 2 rings (SSSR count). The van der Waals surface area contributed by atoms with Gasteiger partial charge in [-0.15, -0.1) is 0 Å². The molecule has 0 fully saturated rings. The van der Waals surface area contributed by atoms with Gasteiger partial charge in [-0.2, -0.15) is 13.2 Å². The van der Waals surface area contributed by atoms with E-state index in [9.17, 15) is 22.8 Å². The minimum absolute atomic E-state index is 0.0947. The number of benzene rings is 2. The normalized spacial score (nSPS) is 11.1. The lowest BCUT2D eigenvalue weighted by Gasteiger charge is -2.14. The number of nitrogens with one attached hydrogen (secondary N) is 1. The van der Waals surface area contributed by atoms with Crippen LogP contribution in [0.2, 0.25) is 5.02 Å². The van der Waals surface area contributed by atoms with Crippen LogP contribution in [0.15, 0.2) is 42.5 Å². The number of hydrogen-bond donors (Lipinski definition) is 2. The zero-order valence-corrected chi connectivity index (χ0v) is 12.1. The van der Waals surface area contributed by atoms with Crippen molar-refractivity contribution in [1.82, 2.24) is 0 Å². The molecule has 23 heavy (non-hydrogen) atoms. The van der Waals surface area contributed by atoms with Gasteiger partial charge in [0, 0.05) is 0 Å². The molecule has 0 heterocycles. The highest BCUT2D eigenvalue weighted by Gasteiger charge is 2.35. The fourth-order valence-electron chi connectivity index (χ4n) is 1.94. The molecule has 120 valence electrons. The predicted molar refractivity (Wildman–Crippen MR) is 77.8 cm³/mol. The van der Waals surface area contributed by atoms with Crippen molar-refractivity contribution in [3.8, 4) is 0 Å². The number of carbonyl (C=O) groups excluding carboxylic acids is 1. The van der Waals surface area contributed by atoms with Crippen LogP contribution in [0, 0.1) is 0 Å². The third-order valence-electron chi connectivity index (χ3n) is 2.96. The first kappa shape index (κ1) is 16.8. The summed E-state index contributed by atoms with van der Waals surface area (Å²) in [6.45, 7) is 0. The highest BCUT2D eigenvalue weighted by molar-refractivity contribution is 6.34. The Morgan fingerprint density at radius 3 is 2.22 bits per heavy atom. The van der Waals surface area contributed by atoms with Gasteiger partial charge in [-0.05, 0) is 24.3 Å². The Hall–Kier alpha value is -2.54. The van der Waals surface area contributed by atoms with Crippen LogP contribution in [-0.2, 0) is 6.18 Å². The maximum Gasteiger partial charge on any atom is 0.417 e. The summed E-state index contributed by atoms with van der Waals surface area (Å²) in [6.07, 6.45) is -4.72. The van der Waals surface area contributed by atoms with Crippen molar-refractivity contribution in [2.75, 3.05) is 5.32 Å². The van der Waals surface area contributed by atoms with E-state index in [1.807, 2.05) is 0 Å². The van der Waals surface area contributed by atoms with E-state index >= 15 is 0 Å². The molecular weight excluding hydrogens is 335 g/mol. The predicted octanol–water partition coefficient (Wildman–Crippen LogP) is 4.31. The number of carboxylic acid groups (broad SMARTS) is 1. The van der Waals surface area contributed by atoms with Gasteiger partial charge in [-0.1, -0.05) is 29.8 Å². The summed E-state index contributed by atoms with van der Waals surface area (Å²) in [5.41, 5.74) is -2.34. The van der Waals surface area contributed by atoms with Crippen LogP contribution in [0.3, 0.4) is 0 Å².